The van der Waals surface area contributed by atoms with Crippen LogP contribution in [0, 0.1) is 0 Å². The zero-order chi connectivity index (χ0) is 39.3. The number of fused-ring (bicyclic) bond motifs is 11. The number of hydrogen-bond acceptors (Lipinski definition) is 6. The predicted octanol–water partition coefficient (Wildman–Crippen LogP) is 13.6. The number of hydrogen-bond donors (Lipinski definition) is 0. The molecule has 280 valence electrons. The molecule has 0 aliphatic carbocycles. The summed E-state index contributed by atoms with van der Waals surface area (Å²) in [7, 11) is 0. The molecule has 5 heterocycles. The molecule has 0 unspecified atom stereocenters. The molecule has 13 rings (SSSR count). The van der Waals surface area contributed by atoms with Crippen molar-refractivity contribution in [2.24, 2.45) is 0 Å². The highest BCUT2D eigenvalue weighted by atomic mass is 32.1. The SMILES string of the molecule is c1ccc(-c2nc(-c3cccc4oc5ccccc5c34)nc(-n3c4ccccc4c4ccc5c6ccccc6n(-c6cccc7nc(-c8ccccc8)sc67)c5c43)n2)cc1. The summed E-state index contributed by atoms with van der Waals surface area (Å²) in [4.78, 5) is 21.2. The van der Waals surface area contributed by atoms with E-state index in [0.29, 0.717) is 17.6 Å². The second-order valence-electron chi connectivity index (χ2n) is 15.0. The van der Waals surface area contributed by atoms with Gasteiger partial charge in [-0.3, -0.25) is 4.57 Å². The minimum absolute atomic E-state index is 0.529. The van der Waals surface area contributed by atoms with Crippen LogP contribution in [0.15, 0.2) is 186 Å². The Balaban J connectivity index is 1.17. The van der Waals surface area contributed by atoms with Gasteiger partial charge in [0.2, 0.25) is 5.95 Å². The second-order valence-corrected chi connectivity index (χ2v) is 16.0. The molecule has 60 heavy (non-hydrogen) atoms. The first-order chi connectivity index (χ1) is 29.8. The molecule has 0 aliphatic rings. The Kier molecular flexibility index (Phi) is 7.05. The van der Waals surface area contributed by atoms with Crippen LogP contribution in [0.3, 0.4) is 0 Å². The molecule has 0 aliphatic heterocycles. The predicted molar refractivity (Wildman–Crippen MR) is 245 cm³/mol. The summed E-state index contributed by atoms with van der Waals surface area (Å²) in [6.07, 6.45) is 0. The number of para-hydroxylation sites is 3. The topological polar surface area (TPSA) is 74.6 Å². The third-order valence-electron chi connectivity index (χ3n) is 11.6. The van der Waals surface area contributed by atoms with E-state index >= 15 is 0 Å². The molecule has 0 fully saturated rings. The van der Waals surface area contributed by atoms with E-state index in [-0.39, 0.29) is 0 Å². The summed E-state index contributed by atoms with van der Waals surface area (Å²) in [5.74, 6) is 1.68. The molecule has 0 atom stereocenters. The fraction of sp³-hybridized carbons (Fsp3) is 0. The lowest BCUT2D eigenvalue weighted by molar-refractivity contribution is 0.669. The largest absolute Gasteiger partial charge is 0.456 e. The number of thiazole rings is 1. The summed E-state index contributed by atoms with van der Waals surface area (Å²) < 4.78 is 12.1. The Morgan fingerprint density at radius 1 is 0.417 bits per heavy atom. The van der Waals surface area contributed by atoms with Gasteiger partial charge in [-0.2, -0.15) is 9.97 Å². The van der Waals surface area contributed by atoms with Crippen LogP contribution in [0.5, 0.6) is 0 Å². The molecule has 0 spiro atoms. The van der Waals surface area contributed by atoms with Crippen LogP contribution in [0.25, 0.3) is 121 Å². The minimum atomic E-state index is 0.529. The van der Waals surface area contributed by atoms with Gasteiger partial charge >= 0.3 is 0 Å². The molecule has 0 radical (unpaired) electrons. The second kappa shape index (κ2) is 12.8. The Hall–Kier alpha value is -7.94. The van der Waals surface area contributed by atoms with Gasteiger partial charge < -0.3 is 8.98 Å². The van der Waals surface area contributed by atoms with E-state index < -0.39 is 0 Å². The quantitative estimate of drug-likeness (QED) is 0.174. The van der Waals surface area contributed by atoms with Crippen molar-refractivity contribution >= 4 is 87.1 Å². The van der Waals surface area contributed by atoms with Crippen LogP contribution < -0.4 is 0 Å². The standard InChI is InChI=1S/C52H30N6OS/c1-3-15-31(16-4-1)49-54-50(38-22-13-28-44-45(38)37-21-9-12-27-43(37)59-44)56-52(55-49)58-41-25-11-8-20-34(41)36-30-29-35-33-19-7-10-24-40(33)57(46(35)47(36)58)42-26-14-23-39-48(42)60-51(53-39)32-17-5-2-6-18-32/h1-30H. The van der Waals surface area contributed by atoms with Crippen LogP contribution in [-0.2, 0) is 0 Å². The van der Waals surface area contributed by atoms with Gasteiger partial charge in [-0.25, -0.2) is 9.97 Å². The maximum atomic E-state index is 6.35. The summed E-state index contributed by atoms with van der Waals surface area (Å²) in [6.45, 7) is 0. The fourth-order valence-corrected chi connectivity index (χ4v) is 10.1. The van der Waals surface area contributed by atoms with Gasteiger partial charge in [-0.1, -0.05) is 146 Å². The Bertz CT molecular complexity index is 3840. The van der Waals surface area contributed by atoms with Crippen LogP contribution in [-0.4, -0.2) is 29.1 Å². The lowest BCUT2D eigenvalue weighted by atomic mass is 10.1. The molecule has 0 N–H and O–H groups in total. The van der Waals surface area contributed by atoms with Crippen molar-refractivity contribution in [3.05, 3.63) is 182 Å². The van der Waals surface area contributed by atoms with Crippen LogP contribution in [0.4, 0.5) is 0 Å². The van der Waals surface area contributed by atoms with Crippen molar-refractivity contribution in [3.8, 4) is 45.0 Å². The monoisotopic (exact) mass is 786 g/mol. The van der Waals surface area contributed by atoms with Gasteiger partial charge in [-0.15, -0.1) is 11.3 Å². The van der Waals surface area contributed by atoms with Crippen LogP contribution in [0.1, 0.15) is 0 Å². The number of benzene rings is 8. The summed E-state index contributed by atoms with van der Waals surface area (Å²) in [5.41, 5.74) is 10.7. The highest BCUT2D eigenvalue weighted by Gasteiger charge is 2.25. The van der Waals surface area contributed by atoms with Crippen molar-refractivity contribution in [2.45, 2.75) is 0 Å². The first kappa shape index (κ1) is 33.1. The minimum Gasteiger partial charge on any atom is -0.456 e. The summed E-state index contributed by atoms with van der Waals surface area (Å²) >= 11 is 1.73. The highest BCUT2D eigenvalue weighted by Crippen LogP contribution is 2.44. The third-order valence-corrected chi connectivity index (χ3v) is 12.8. The first-order valence-electron chi connectivity index (χ1n) is 19.9. The molecular weight excluding hydrogens is 757 g/mol. The number of aromatic nitrogens is 6. The normalized spacial score (nSPS) is 12.0. The molecule has 8 heteroatoms. The lowest BCUT2D eigenvalue weighted by Gasteiger charge is -2.14. The van der Waals surface area contributed by atoms with E-state index in [4.69, 9.17) is 24.4 Å². The van der Waals surface area contributed by atoms with E-state index in [2.05, 4.69) is 137 Å². The van der Waals surface area contributed by atoms with Gasteiger partial charge in [0.25, 0.3) is 0 Å². The molecule has 0 saturated carbocycles. The van der Waals surface area contributed by atoms with E-state index in [9.17, 15) is 0 Å². The maximum Gasteiger partial charge on any atom is 0.238 e. The van der Waals surface area contributed by atoms with E-state index in [1.165, 1.54) is 0 Å². The van der Waals surface area contributed by atoms with Gasteiger partial charge in [0.15, 0.2) is 11.6 Å². The van der Waals surface area contributed by atoms with E-state index in [1.54, 1.807) is 11.3 Å². The van der Waals surface area contributed by atoms with Crippen molar-refractivity contribution in [1.29, 1.82) is 0 Å². The molecule has 0 amide bonds. The smallest absolute Gasteiger partial charge is 0.238 e. The molecule has 7 nitrogen and oxygen atoms in total. The molecular formula is C52H30N6OS. The van der Waals surface area contributed by atoms with Gasteiger partial charge in [0.1, 0.15) is 16.2 Å². The van der Waals surface area contributed by atoms with Crippen molar-refractivity contribution in [3.63, 3.8) is 0 Å². The average molecular weight is 787 g/mol. The zero-order valence-electron chi connectivity index (χ0n) is 31.8. The van der Waals surface area contributed by atoms with Crippen molar-refractivity contribution in [2.75, 3.05) is 0 Å². The van der Waals surface area contributed by atoms with Crippen molar-refractivity contribution < 1.29 is 4.42 Å². The van der Waals surface area contributed by atoms with Gasteiger partial charge in [0, 0.05) is 49.0 Å². The first-order valence-corrected chi connectivity index (χ1v) is 20.7. The van der Waals surface area contributed by atoms with E-state index in [0.717, 1.165) is 103 Å². The number of furan rings is 1. The molecule has 13 aromatic rings. The third kappa shape index (κ3) is 4.82. The highest BCUT2D eigenvalue weighted by molar-refractivity contribution is 7.22. The summed E-state index contributed by atoms with van der Waals surface area (Å²) in [6, 6.07) is 63.1. The Morgan fingerprint density at radius 3 is 1.78 bits per heavy atom. The van der Waals surface area contributed by atoms with Crippen molar-refractivity contribution in [1.82, 2.24) is 29.1 Å². The van der Waals surface area contributed by atoms with Gasteiger partial charge in [-0.05, 0) is 36.4 Å². The number of nitrogens with zero attached hydrogens (tertiary/aromatic N) is 6. The Labute approximate surface area is 346 Å². The molecule has 0 bridgehead atoms. The molecule has 5 aromatic heterocycles. The average Bonchev–Trinajstić information content (AvgIpc) is 4.09. The van der Waals surface area contributed by atoms with Gasteiger partial charge in [0.05, 0.1) is 38.0 Å². The van der Waals surface area contributed by atoms with E-state index in [1.807, 2.05) is 54.6 Å². The number of rotatable bonds is 5. The fourth-order valence-electron chi connectivity index (χ4n) is 9.04. The Morgan fingerprint density at radius 2 is 1.02 bits per heavy atom. The van der Waals surface area contributed by atoms with Crippen LogP contribution in [0.2, 0.25) is 0 Å². The summed E-state index contributed by atoms with van der Waals surface area (Å²) in [5, 5.41) is 7.50. The molecule has 8 aromatic carbocycles. The van der Waals surface area contributed by atoms with Crippen LogP contribution >= 0.6 is 11.3 Å². The lowest BCUT2D eigenvalue weighted by Crippen LogP contribution is -2.07. The zero-order valence-corrected chi connectivity index (χ0v) is 32.6. The maximum absolute atomic E-state index is 6.35. The molecule has 0 saturated heterocycles.